The van der Waals surface area contributed by atoms with Crippen molar-refractivity contribution in [1.29, 1.82) is 0 Å². The summed E-state index contributed by atoms with van der Waals surface area (Å²) in [5.74, 6) is -0.926. The van der Waals surface area contributed by atoms with Crippen LogP contribution in [0.5, 0.6) is 0 Å². The molecule has 1 heterocycles. The lowest BCUT2D eigenvalue weighted by molar-refractivity contribution is -0.143. The molecule has 106 valence electrons. The topological polar surface area (TPSA) is 66.8 Å². The first-order valence-electron chi connectivity index (χ1n) is 6.94. The summed E-state index contributed by atoms with van der Waals surface area (Å²) < 4.78 is 0. The smallest absolute Gasteiger partial charge is 0.314 e. The Morgan fingerprint density at radius 1 is 1.25 bits per heavy atom. The van der Waals surface area contributed by atoms with Gasteiger partial charge in [0, 0.05) is 0 Å². The minimum absolute atomic E-state index is 0.115. The number of carboxylic acid groups (broad SMARTS) is 1. The van der Waals surface area contributed by atoms with E-state index in [0.717, 1.165) is 12.8 Å². The summed E-state index contributed by atoms with van der Waals surface area (Å²) in [6.45, 7) is 0.354. The van der Waals surface area contributed by atoms with Crippen LogP contribution in [0.2, 0.25) is 0 Å². The number of rotatable bonds is 3. The van der Waals surface area contributed by atoms with Gasteiger partial charge in [-0.25, -0.2) is 0 Å². The second kappa shape index (κ2) is 4.90. The van der Waals surface area contributed by atoms with Crippen molar-refractivity contribution in [3.8, 4) is 0 Å². The van der Waals surface area contributed by atoms with E-state index in [4.69, 9.17) is 4.84 Å². The van der Waals surface area contributed by atoms with Gasteiger partial charge in [0.15, 0.2) is 0 Å². The fraction of sp³-hybridized carbons (Fsp3) is 0.467. The van der Waals surface area contributed by atoms with Crippen LogP contribution < -0.4 is 5.06 Å². The largest absolute Gasteiger partial charge is 0.481 e. The maximum Gasteiger partial charge on any atom is 0.314 e. The van der Waals surface area contributed by atoms with E-state index in [1.165, 1.54) is 5.06 Å². The van der Waals surface area contributed by atoms with Crippen molar-refractivity contribution in [2.45, 2.75) is 37.5 Å². The molecule has 5 heteroatoms. The molecule has 1 aromatic carbocycles. The summed E-state index contributed by atoms with van der Waals surface area (Å²) in [5.41, 5.74) is 0.391. The van der Waals surface area contributed by atoms with Crippen LogP contribution in [0.4, 0.5) is 5.69 Å². The molecule has 0 spiro atoms. The molecular formula is C15H17NO4. The fourth-order valence-electron chi connectivity index (χ4n) is 3.23. The average molecular weight is 275 g/mol. The first-order chi connectivity index (χ1) is 9.65. The quantitative estimate of drug-likeness (QED) is 0.918. The Labute approximate surface area is 117 Å². The van der Waals surface area contributed by atoms with Gasteiger partial charge in [-0.2, -0.15) is 5.06 Å². The van der Waals surface area contributed by atoms with Crippen LogP contribution in [0.1, 0.15) is 37.7 Å². The monoisotopic (exact) mass is 275 g/mol. The van der Waals surface area contributed by atoms with Crippen LogP contribution in [0.25, 0.3) is 0 Å². The minimum Gasteiger partial charge on any atom is -0.481 e. The Bertz CT molecular complexity index is 549. The van der Waals surface area contributed by atoms with Gasteiger partial charge in [-0.3, -0.25) is 14.4 Å². The zero-order chi connectivity index (χ0) is 14.2. The van der Waals surface area contributed by atoms with E-state index in [1.54, 1.807) is 12.1 Å². The third-order valence-corrected chi connectivity index (χ3v) is 4.27. The number of carbonyl (C=O) groups is 2. The van der Waals surface area contributed by atoms with Gasteiger partial charge in [0.1, 0.15) is 0 Å². The van der Waals surface area contributed by atoms with Gasteiger partial charge in [0.2, 0.25) is 0 Å². The highest BCUT2D eigenvalue weighted by atomic mass is 16.7. The van der Waals surface area contributed by atoms with E-state index in [1.807, 2.05) is 12.1 Å². The van der Waals surface area contributed by atoms with Crippen LogP contribution in [0.3, 0.4) is 0 Å². The molecule has 1 aliphatic heterocycles. The summed E-state index contributed by atoms with van der Waals surface area (Å²) in [5, 5.41) is 11.0. The van der Waals surface area contributed by atoms with Crippen LogP contribution >= 0.6 is 0 Å². The highest BCUT2D eigenvalue weighted by molar-refractivity contribution is 5.95. The molecule has 1 aromatic rings. The number of carbonyl (C=O) groups excluding carboxylic acids is 1. The Morgan fingerprint density at radius 2 is 1.95 bits per heavy atom. The van der Waals surface area contributed by atoms with Crippen LogP contribution in [0.15, 0.2) is 24.3 Å². The molecule has 1 aliphatic carbocycles. The number of hydrogen-bond donors (Lipinski definition) is 1. The third kappa shape index (κ3) is 1.89. The molecule has 2 aliphatic rings. The van der Waals surface area contributed by atoms with Crippen LogP contribution in [-0.4, -0.2) is 23.6 Å². The first kappa shape index (κ1) is 13.1. The average Bonchev–Trinajstić information content (AvgIpc) is 3.08. The zero-order valence-electron chi connectivity index (χ0n) is 11.2. The number of amides is 1. The minimum atomic E-state index is -0.886. The van der Waals surface area contributed by atoms with Crippen molar-refractivity contribution in [2.24, 2.45) is 0 Å². The van der Waals surface area contributed by atoms with Gasteiger partial charge < -0.3 is 5.11 Å². The number of para-hydroxylation sites is 1. The number of hydrogen-bond acceptors (Lipinski definition) is 3. The maximum absolute atomic E-state index is 11.9. The van der Waals surface area contributed by atoms with Gasteiger partial charge in [-0.15, -0.1) is 0 Å². The summed E-state index contributed by atoms with van der Waals surface area (Å²) in [6, 6.07) is 7.20. The Balaban J connectivity index is 2.09. The lowest BCUT2D eigenvalue weighted by atomic mass is 9.78. The molecule has 2 fully saturated rings. The zero-order valence-corrected chi connectivity index (χ0v) is 11.2. The molecule has 0 aromatic heterocycles. The molecule has 3 rings (SSSR count). The number of nitrogens with zero attached hydrogens (tertiary/aromatic N) is 1. The number of benzene rings is 1. The normalized spacial score (nSPS) is 21.4. The van der Waals surface area contributed by atoms with Crippen LogP contribution in [-0.2, 0) is 19.8 Å². The Kier molecular flexibility index (Phi) is 3.22. The molecule has 1 N–H and O–H groups in total. The van der Waals surface area contributed by atoms with Crippen molar-refractivity contribution >= 4 is 17.6 Å². The molecule has 5 nitrogen and oxygen atoms in total. The standard InChI is InChI=1S/C15H17NO4/c17-13-7-10-20-16(13)12-6-2-1-5-11(12)15(14(18)19)8-3-4-9-15/h1-2,5-6H,3-4,7-10H2,(H,18,19). The van der Waals surface area contributed by atoms with E-state index in [2.05, 4.69) is 0 Å². The highest BCUT2D eigenvalue weighted by Gasteiger charge is 2.45. The number of carboxylic acids is 1. The van der Waals surface area contributed by atoms with E-state index in [-0.39, 0.29) is 5.91 Å². The van der Waals surface area contributed by atoms with E-state index in [9.17, 15) is 14.7 Å². The fourth-order valence-corrected chi connectivity index (χ4v) is 3.23. The molecule has 1 saturated carbocycles. The van der Waals surface area contributed by atoms with Gasteiger partial charge in [-0.05, 0) is 24.5 Å². The third-order valence-electron chi connectivity index (χ3n) is 4.27. The first-order valence-corrected chi connectivity index (χ1v) is 6.94. The predicted octanol–water partition coefficient (Wildman–Crippen LogP) is 2.25. The molecule has 0 atom stereocenters. The van der Waals surface area contributed by atoms with Gasteiger partial charge in [0.25, 0.3) is 5.91 Å². The molecule has 0 bridgehead atoms. The lowest BCUT2D eigenvalue weighted by Gasteiger charge is -2.29. The maximum atomic E-state index is 11.9. The molecule has 0 unspecified atom stereocenters. The van der Waals surface area contributed by atoms with Crippen molar-refractivity contribution in [2.75, 3.05) is 11.7 Å². The Morgan fingerprint density at radius 3 is 2.55 bits per heavy atom. The van der Waals surface area contributed by atoms with E-state index < -0.39 is 11.4 Å². The van der Waals surface area contributed by atoms with Crippen LogP contribution in [0, 0.1) is 0 Å². The molecule has 1 saturated heterocycles. The summed E-state index contributed by atoms with van der Waals surface area (Å²) in [4.78, 5) is 29.1. The predicted molar refractivity (Wildman–Crippen MR) is 72.3 cm³/mol. The Hall–Kier alpha value is -1.88. The molecule has 1 amide bonds. The summed E-state index contributed by atoms with van der Waals surface area (Å²) in [7, 11) is 0. The van der Waals surface area contributed by atoms with E-state index in [0.29, 0.717) is 37.1 Å². The summed E-state index contributed by atoms with van der Waals surface area (Å²) >= 11 is 0. The molecular weight excluding hydrogens is 258 g/mol. The van der Waals surface area contributed by atoms with Gasteiger partial charge in [-0.1, -0.05) is 31.0 Å². The second-order valence-electron chi connectivity index (χ2n) is 5.38. The van der Waals surface area contributed by atoms with Crippen molar-refractivity contribution < 1.29 is 19.5 Å². The summed E-state index contributed by atoms with van der Waals surface area (Å²) in [6.07, 6.45) is 3.36. The lowest BCUT2D eigenvalue weighted by Crippen LogP contribution is -2.35. The van der Waals surface area contributed by atoms with E-state index >= 15 is 0 Å². The number of anilines is 1. The van der Waals surface area contributed by atoms with Gasteiger partial charge >= 0.3 is 5.97 Å². The molecule has 0 radical (unpaired) electrons. The molecule has 20 heavy (non-hydrogen) atoms. The number of aliphatic carboxylic acids is 1. The SMILES string of the molecule is O=C1CCON1c1ccccc1C1(C(=O)O)CCCC1. The number of hydroxylamine groups is 1. The van der Waals surface area contributed by atoms with Gasteiger partial charge in [0.05, 0.1) is 24.1 Å². The van der Waals surface area contributed by atoms with Crippen molar-refractivity contribution in [3.05, 3.63) is 29.8 Å². The van der Waals surface area contributed by atoms with Crippen molar-refractivity contribution in [1.82, 2.24) is 0 Å². The van der Waals surface area contributed by atoms with Crippen molar-refractivity contribution in [3.63, 3.8) is 0 Å². The highest BCUT2D eigenvalue weighted by Crippen LogP contribution is 2.45. The second-order valence-corrected chi connectivity index (χ2v) is 5.38.